The van der Waals surface area contributed by atoms with Crippen molar-refractivity contribution in [3.63, 3.8) is 0 Å². The van der Waals surface area contributed by atoms with Crippen LogP contribution in [0, 0.1) is 6.92 Å². The summed E-state index contributed by atoms with van der Waals surface area (Å²) in [6.45, 7) is 3.76. The monoisotopic (exact) mass is 431 g/mol. The molecule has 1 spiro atoms. The van der Waals surface area contributed by atoms with Gasteiger partial charge in [0.15, 0.2) is 0 Å². The highest BCUT2D eigenvalue weighted by molar-refractivity contribution is 5.92. The quantitative estimate of drug-likeness (QED) is 0.561. The normalized spacial score (nSPS) is 16.2. The van der Waals surface area contributed by atoms with Crippen LogP contribution in [0.5, 0.6) is 0 Å². The molecule has 0 saturated heterocycles. The van der Waals surface area contributed by atoms with Gasteiger partial charge in [0.05, 0.1) is 18.7 Å². The highest BCUT2D eigenvalue weighted by Crippen LogP contribution is 2.59. The summed E-state index contributed by atoms with van der Waals surface area (Å²) in [6, 6.07) is 3.79. The molecule has 2 aliphatic carbocycles. The molecular formula is C22H20F3N3O3. The Morgan fingerprint density at radius 2 is 2.10 bits per heavy atom. The fraction of sp³-hybridized carbons (Fsp3) is 0.409. The molecule has 2 aliphatic rings. The van der Waals surface area contributed by atoms with E-state index in [-0.39, 0.29) is 29.0 Å². The maximum atomic E-state index is 14.1. The number of furan rings is 1. The van der Waals surface area contributed by atoms with E-state index >= 15 is 0 Å². The molecular weight excluding hydrogens is 411 g/mol. The van der Waals surface area contributed by atoms with Gasteiger partial charge < -0.3 is 9.15 Å². The maximum absolute atomic E-state index is 14.1. The van der Waals surface area contributed by atoms with Crippen molar-refractivity contribution in [2.24, 2.45) is 0 Å². The standard InChI is InChI=1S/C22H20F3N3O3/c1-3-30-20(29)19-17(22(23,24)25)16-15(31-19)8-21(6-7-21)14-11-28(27-18(14)16)10-13-5-4-12(2)26-9-13/h4-5,9,11H,3,6-8,10H2,1-2H3. The van der Waals surface area contributed by atoms with Crippen molar-refractivity contribution in [1.29, 1.82) is 0 Å². The molecule has 3 heterocycles. The minimum atomic E-state index is -4.78. The second-order valence-corrected chi connectivity index (χ2v) is 8.18. The number of hydrogen-bond acceptors (Lipinski definition) is 5. The Bertz CT molecular complexity index is 1170. The van der Waals surface area contributed by atoms with E-state index in [1.165, 1.54) is 6.92 Å². The van der Waals surface area contributed by atoms with E-state index in [1.807, 2.05) is 25.3 Å². The largest absolute Gasteiger partial charge is 0.460 e. The summed E-state index contributed by atoms with van der Waals surface area (Å²) in [5.74, 6) is -1.75. The smallest absolute Gasteiger partial charge is 0.421 e. The molecule has 0 amide bonds. The highest BCUT2D eigenvalue weighted by Gasteiger charge is 2.55. The first-order chi connectivity index (χ1) is 14.7. The maximum Gasteiger partial charge on any atom is 0.421 e. The topological polar surface area (TPSA) is 70.2 Å². The van der Waals surface area contributed by atoms with Crippen LogP contribution in [-0.4, -0.2) is 27.3 Å². The van der Waals surface area contributed by atoms with Crippen LogP contribution in [0.1, 0.15) is 58.5 Å². The van der Waals surface area contributed by atoms with Crippen molar-refractivity contribution < 1.29 is 27.1 Å². The van der Waals surface area contributed by atoms with Gasteiger partial charge in [-0.25, -0.2) is 4.79 Å². The zero-order valence-corrected chi connectivity index (χ0v) is 17.0. The first-order valence-electron chi connectivity index (χ1n) is 10.1. The Kier molecular flexibility index (Phi) is 4.29. The molecule has 5 rings (SSSR count). The lowest BCUT2D eigenvalue weighted by molar-refractivity contribution is -0.138. The first-order valence-corrected chi connectivity index (χ1v) is 10.1. The van der Waals surface area contributed by atoms with Gasteiger partial charge in [0.1, 0.15) is 17.0 Å². The summed E-state index contributed by atoms with van der Waals surface area (Å²) in [5, 5.41) is 4.52. The molecule has 0 bridgehead atoms. The molecule has 6 nitrogen and oxygen atoms in total. The van der Waals surface area contributed by atoms with Gasteiger partial charge in [-0.2, -0.15) is 18.3 Å². The zero-order valence-electron chi connectivity index (χ0n) is 17.0. The number of alkyl halides is 3. The summed E-state index contributed by atoms with van der Waals surface area (Å²) in [7, 11) is 0. The fourth-order valence-electron chi connectivity index (χ4n) is 4.32. The Balaban J connectivity index is 1.64. The van der Waals surface area contributed by atoms with E-state index in [0.717, 1.165) is 29.7 Å². The van der Waals surface area contributed by atoms with Gasteiger partial charge in [0.25, 0.3) is 0 Å². The second kappa shape index (κ2) is 6.70. The Morgan fingerprint density at radius 3 is 2.71 bits per heavy atom. The molecule has 0 N–H and O–H groups in total. The molecule has 0 unspecified atom stereocenters. The van der Waals surface area contributed by atoms with Gasteiger partial charge in [-0.1, -0.05) is 6.07 Å². The third-order valence-electron chi connectivity index (χ3n) is 5.96. The van der Waals surface area contributed by atoms with Crippen molar-refractivity contribution in [1.82, 2.24) is 14.8 Å². The first kappa shape index (κ1) is 19.8. The minimum Gasteiger partial charge on any atom is -0.460 e. The van der Waals surface area contributed by atoms with Crippen molar-refractivity contribution in [2.75, 3.05) is 6.61 Å². The van der Waals surface area contributed by atoms with Crippen molar-refractivity contribution in [3.8, 4) is 11.3 Å². The molecule has 0 aromatic carbocycles. The lowest BCUT2D eigenvalue weighted by Gasteiger charge is -2.20. The van der Waals surface area contributed by atoms with Gasteiger partial charge in [-0.3, -0.25) is 9.67 Å². The highest BCUT2D eigenvalue weighted by atomic mass is 19.4. The number of nitrogens with zero attached hydrogens (tertiary/aromatic N) is 3. The summed E-state index contributed by atoms with van der Waals surface area (Å²) >= 11 is 0. The summed E-state index contributed by atoms with van der Waals surface area (Å²) < 4.78 is 54.1. The molecule has 162 valence electrons. The lowest BCUT2D eigenvalue weighted by atomic mass is 9.82. The van der Waals surface area contributed by atoms with Crippen LogP contribution < -0.4 is 0 Å². The fourth-order valence-corrected chi connectivity index (χ4v) is 4.32. The Hall–Kier alpha value is -3.10. The van der Waals surface area contributed by atoms with E-state index < -0.39 is 23.5 Å². The SMILES string of the molecule is CCOC(=O)c1oc2c(c1C(F)(F)F)-c1nn(Cc3ccc(C)nc3)cc1C1(CC1)C2. The van der Waals surface area contributed by atoms with Crippen molar-refractivity contribution >= 4 is 5.97 Å². The summed E-state index contributed by atoms with van der Waals surface area (Å²) in [6.07, 6.45) is 0.765. The van der Waals surface area contributed by atoms with Gasteiger partial charge in [0.2, 0.25) is 5.76 Å². The number of aryl methyl sites for hydroxylation is 1. The Morgan fingerprint density at radius 1 is 1.32 bits per heavy atom. The van der Waals surface area contributed by atoms with Gasteiger partial charge in [0, 0.05) is 35.5 Å². The molecule has 1 saturated carbocycles. The van der Waals surface area contributed by atoms with Gasteiger partial charge >= 0.3 is 12.1 Å². The van der Waals surface area contributed by atoms with Crippen LogP contribution in [0.15, 0.2) is 28.9 Å². The van der Waals surface area contributed by atoms with Gasteiger partial charge in [-0.15, -0.1) is 0 Å². The number of halogens is 3. The third-order valence-corrected chi connectivity index (χ3v) is 5.96. The minimum absolute atomic E-state index is 0.0457. The van der Waals surface area contributed by atoms with E-state index in [2.05, 4.69) is 10.1 Å². The van der Waals surface area contributed by atoms with E-state index in [0.29, 0.717) is 13.0 Å². The molecule has 3 aromatic heterocycles. The average molecular weight is 431 g/mol. The molecule has 0 atom stereocenters. The van der Waals surface area contributed by atoms with E-state index in [4.69, 9.17) is 9.15 Å². The van der Waals surface area contributed by atoms with Crippen LogP contribution in [-0.2, 0) is 29.3 Å². The summed E-state index contributed by atoms with van der Waals surface area (Å²) in [4.78, 5) is 16.5. The summed E-state index contributed by atoms with van der Waals surface area (Å²) in [5.41, 5.74) is 1.28. The van der Waals surface area contributed by atoms with Crippen LogP contribution in [0.25, 0.3) is 11.3 Å². The molecule has 31 heavy (non-hydrogen) atoms. The molecule has 9 heteroatoms. The van der Waals surface area contributed by atoms with E-state index in [1.54, 1.807) is 10.9 Å². The number of hydrogen-bond donors (Lipinski definition) is 0. The van der Waals surface area contributed by atoms with Crippen LogP contribution in [0.4, 0.5) is 13.2 Å². The van der Waals surface area contributed by atoms with Crippen LogP contribution in [0.2, 0.25) is 0 Å². The third kappa shape index (κ3) is 3.23. The average Bonchev–Trinajstić information content (AvgIpc) is 3.15. The predicted octanol–water partition coefficient (Wildman–Crippen LogP) is 4.68. The Labute approximate surface area is 176 Å². The van der Waals surface area contributed by atoms with E-state index in [9.17, 15) is 18.0 Å². The van der Waals surface area contributed by atoms with Crippen molar-refractivity contribution in [2.45, 2.75) is 51.2 Å². The van der Waals surface area contributed by atoms with Crippen LogP contribution >= 0.6 is 0 Å². The zero-order chi connectivity index (χ0) is 22.0. The molecule has 3 aromatic rings. The molecule has 1 fully saturated rings. The second-order valence-electron chi connectivity index (χ2n) is 8.18. The molecule has 0 radical (unpaired) electrons. The number of esters is 1. The van der Waals surface area contributed by atoms with Crippen LogP contribution in [0.3, 0.4) is 0 Å². The van der Waals surface area contributed by atoms with Crippen molar-refractivity contribution in [3.05, 3.63) is 58.4 Å². The molecule has 0 aliphatic heterocycles. The number of ether oxygens (including phenoxy) is 1. The number of fused-ring (bicyclic) bond motifs is 4. The number of aromatic nitrogens is 3. The predicted molar refractivity (Wildman–Crippen MR) is 104 cm³/mol. The number of carbonyl (C=O) groups is 1. The number of carbonyl (C=O) groups excluding carboxylic acids is 1. The number of rotatable bonds is 4. The number of pyridine rings is 1. The van der Waals surface area contributed by atoms with Gasteiger partial charge in [-0.05, 0) is 38.3 Å². The lowest BCUT2D eigenvalue weighted by Crippen LogP contribution is -2.18.